The lowest BCUT2D eigenvalue weighted by Crippen LogP contribution is -2.23. The molecule has 0 aliphatic carbocycles. The van der Waals surface area contributed by atoms with E-state index in [1.807, 2.05) is 42.5 Å². The predicted molar refractivity (Wildman–Crippen MR) is 104 cm³/mol. The van der Waals surface area contributed by atoms with E-state index in [0.717, 1.165) is 10.2 Å². The van der Waals surface area contributed by atoms with E-state index in [2.05, 4.69) is 5.10 Å². The Kier molecular flexibility index (Phi) is 3.89. The number of fused-ring (bicyclic) bond motifs is 1. The van der Waals surface area contributed by atoms with Gasteiger partial charge >= 0.3 is 0 Å². The van der Waals surface area contributed by atoms with Crippen LogP contribution in [-0.4, -0.2) is 14.7 Å². The molecule has 0 amide bonds. The van der Waals surface area contributed by atoms with Crippen molar-refractivity contribution < 1.29 is 4.92 Å². The predicted octanol–water partition coefficient (Wildman–Crippen LogP) is 3.54. The molecule has 1 aromatic heterocycles. The highest BCUT2D eigenvalue weighted by molar-refractivity contribution is 5.94. The van der Waals surface area contributed by atoms with Crippen molar-refractivity contribution in [1.29, 1.82) is 0 Å². The lowest BCUT2D eigenvalue weighted by atomic mass is 10.1. The molecule has 27 heavy (non-hydrogen) atoms. The van der Waals surface area contributed by atoms with Gasteiger partial charge in [0.25, 0.3) is 11.2 Å². The molecule has 132 valence electrons. The second kappa shape index (κ2) is 6.38. The van der Waals surface area contributed by atoms with Crippen LogP contribution < -0.4 is 11.3 Å². The van der Waals surface area contributed by atoms with Crippen LogP contribution in [0.4, 0.5) is 11.4 Å². The van der Waals surface area contributed by atoms with Gasteiger partial charge in [0.1, 0.15) is 5.69 Å². The maximum absolute atomic E-state index is 13.0. The highest BCUT2D eigenvalue weighted by atomic mass is 16.6. The van der Waals surface area contributed by atoms with E-state index in [0.29, 0.717) is 16.5 Å². The fraction of sp³-hybridized carbons (Fsp3) is 0. The number of hydrogen-bond donors (Lipinski definition) is 1. The van der Waals surface area contributed by atoms with E-state index in [4.69, 9.17) is 5.73 Å². The van der Waals surface area contributed by atoms with Crippen molar-refractivity contribution in [2.75, 3.05) is 5.73 Å². The molecule has 2 N–H and O–H groups in total. The average molecular weight is 358 g/mol. The summed E-state index contributed by atoms with van der Waals surface area (Å²) in [6, 6.07) is 20.6. The van der Waals surface area contributed by atoms with Crippen LogP contribution in [0.3, 0.4) is 0 Å². The summed E-state index contributed by atoms with van der Waals surface area (Å²) >= 11 is 0. The molecule has 4 aromatic rings. The van der Waals surface area contributed by atoms with E-state index in [1.54, 1.807) is 12.1 Å². The van der Waals surface area contributed by atoms with Gasteiger partial charge in [-0.15, -0.1) is 0 Å². The largest absolute Gasteiger partial charge is 0.399 e. The molecule has 0 aliphatic rings. The smallest absolute Gasteiger partial charge is 0.297 e. The van der Waals surface area contributed by atoms with Gasteiger partial charge in [0, 0.05) is 22.7 Å². The molecule has 7 nitrogen and oxygen atoms in total. The van der Waals surface area contributed by atoms with Crippen LogP contribution >= 0.6 is 0 Å². The minimum atomic E-state index is -0.572. The Morgan fingerprint density at radius 1 is 0.926 bits per heavy atom. The third-order valence-electron chi connectivity index (χ3n) is 4.28. The lowest BCUT2D eigenvalue weighted by molar-refractivity contribution is -0.384. The Hall–Kier alpha value is -4.00. The molecule has 0 radical (unpaired) electrons. The molecule has 0 fully saturated rings. The summed E-state index contributed by atoms with van der Waals surface area (Å²) in [5.74, 6) is 0. The van der Waals surface area contributed by atoms with E-state index in [-0.39, 0.29) is 17.1 Å². The first-order valence-corrected chi connectivity index (χ1v) is 8.18. The first-order chi connectivity index (χ1) is 13.1. The van der Waals surface area contributed by atoms with Gasteiger partial charge in [0.05, 0.1) is 16.0 Å². The summed E-state index contributed by atoms with van der Waals surface area (Å²) in [5, 5.41) is 17.1. The quantitative estimate of drug-likeness (QED) is 0.343. The number of nitrogens with zero attached hydrogens (tertiary/aromatic N) is 3. The lowest BCUT2D eigenvalue weighted by Gasteiger charge is -2.12. The van der Waals surface area contributed by atoms with E-state index < -0.39 is 10.5 Å². The van der Waals surface area contributed by atoms with Gasteiger partial charge in [-0.05, 0) is 18.2 Å². The zero-order chi connectivity index (χ0) is 19.0. The number of anilines is 1. The fourth-order valence-corrected chi connectivity index (χ4v) is 3.03. The molecular weight excluding hydrogens is 344 g/mol. The SMILES string of the molecule is Nc1ccc(-n2nc(-c3ccccc3)c3ccccc3c2=O)c([N+](=O)[O-])c1. The van der Waals surface area contributed by atoms with Gasteiger partial charge in [-0.2, -0.15) is 9.78 Å². The van der Waals surface area contributed by atoms with Crippen LogP contribution in [-0.2, 0) is 0 Å². The molecule has 3 aromatic carbocycles. The maximum atomic E-state index is 13.0. The highest BCUT2D eigenvalue weighted by Gasteiger charge is 2.20. The summed E-state index contributed by atoms with van der Waals surface area (Å²) in [6.07, 6.45) is 0. The van der Waals surface area contributed by atoms with Gasteiger partial charge < -0.3 is 5.73 Å². The van der Waals surface area contributed by atoms with E-state index >= 15 is 0 Å². The minimum Gasteiger partial charge on any atom is -0.399 e. The van der Waals surface area contributed by atoms with Crippen LogP contribution in [0.15, 0.2) is 77.6 Å². The highest BCUT2D eigenvalue weighted by Crippen LogP contribution is 2.28. The average Bonchev–Trinajstić information content (AvgIpc) is 2.69. The number of hydrogen-bond acceptors (Lipinski definition) is 5. The molecule has 0 saturated heterocycles. The van der Waals surface area contributed by atoms with Crippen molar-refractivity contribution in [3.63, 3.8) is 0 Å². The van der Waals surface area contributed by atoms with Crippen LogP contribution in [0, 0.1) is 10.1 Å². The number of nitro groups is 1. The molecule has 0 atom stereocenters. The molecule has 0 saturated carbocycles. The number of rotatable bonds is 3. The second-order valence-corrected chi connectivity index (χ2v) is 5.98. The van der Waals surface area contributed by atoms with Gasteiger partial charge in [-0.25, -0.2) is 0 Å². The normalized spacial score (nSPS) is 10.8. The van der Waals surface area contributed by atoms with Crippen molar-refractivity contribution >= 4 is 22.1 Å². The van der Waals surface area contributed by atoms with Gasteiger partial charge in [-0.3, -0.25) is 14.9 Å². The molecule has 0 spiro atoms. The Morgan fingerprint density at radius 2 is 1.59 bits per heavy atom. The molecular formula is C20H14N4O3. The Balaban J connectivity index is 2.11. The Bertz CT molecular complexity index is 1230. The molecule has 0 unspecified atom stereocenters. The topological polar surface area (TPSA) is 104 Å². The fourth-order valence-electron chi connectivity index (χ4n) is 3.03. The first-order valence-electron chi connectivity index (χ1n) is 8.18. The van der Waals surface area contributed by atoms with Crippen LogP contribution in [0.1, 0.15) is 0 Å². The van der Waals surface area contributed by atoms with Crippen molar-refractivity contribution in [1.82, 2.24) is 9.78 Å². The first kappa shape index (κ1) is 16.5. The number of aromatic nitrogens is 2. The second-order valence-electron chi connectivity index (χ2n) is 5.98. The van der Waals surface area contributed by atoms with Gasteiger partial charge in [0.2, 0.25) is 0 Å². The number of nitrogen functional groups attached to an aromatic ring is 1. The van der Waals surface area contributed by atoms with Crippen LogP contribution in [0.25, 0.3) is 27.7 Å². The van der Waals surface area contributed by atoms with Crippen molar-refractivity contribution in [2.24, 2.45) is 0 Å². The summed E-state index contributed by atoms with van der Waals surface area (Å²) in [4.78, 5) is 23.9. The monoisotopic (exact) mass is 358 g/mol. The Morgan fingerprint density at radius 3 is 2.30 bits per heavy atom. The minimum absolute atomic E-state index is 0.0714. The maximum Gasteiger partial charge on any atom is 0.297 e. The summed E-state index contributed by atoms with van der Waals surface area (Å²) < 4.78 is 1.07. The Labute approximate surface area is 153 Å². The van der Waals surface area contributed by atoms with E-state index in [1.165, 1.54) is 18.2 Å². The number of nitrogens with two attached hydrogens (primary N) is 1. The van der Waals surface area contributed by atoms with Gasteiger partial charge in [0.15, 0.2) is 0 Å². The summed E-state index contributed by atoms with van der Waals surface area (Å²) in [5.41, 5.74) is 6.65. The standard InChI is InChI=1S/C20H14N4O3/c21-14-10-11-17(18(12-14)24(26)27)23-20(25)16-9-5-4-8-15(16)19(22-23)13-6-2-1-3-7-13/h1-12H,21H2. The zero-order valence-corrected chi connectivity index (χ0v) is 14.1. The number of benzene rings is 3. The summed E-state index contributed by atoms with van der Waals surface area (Å²) in [7, 11) is 0. The van der Waals surface area contributed by atoms with Crippen LogP contribution in [0.2, 0.25) is 0 Å². The van der Waals surface area contributed by atoms with Crippen molar-refractivity contribution in [3.05, 3.63) is 93.3 Å². The number of nitro benzene ring substituents is 1. The van der Waals surface area contributed by atoms with Crippen molar-refractivity contribution in [3.8, 4) is 16.9 Å². The molecule has 0 aliphatic heterocycles. The summed E-state index contributed by atoms with van der Waals surface area (Å²) in [6.45, 7) is 0. The molecule has 1 heterocycles. The molecule has 7 heteroatoms. The molecule has 0 bridgehead atoms. The van der Waals surface area contributed by atoms with Gasteiger partial charge in [-0.1, -0.05) is 48.5 Å². The van der Waals surface area contributed by atoms with Crippen molar-refractivity contribution in [2.45, 2.75) is 0 Å². The van der Waals surface area contributed by atoms with E-state index in [9.17, 15) is 14.9 Å². The van der Waals surface area contributed by atoms with Crippen LogP contribution in [0.5, 0.6) is 0 Å². The third-order valence-corrected chi connectivity index (χ3v) is 4.28. The zero-order valence-electron chi connectivity index (χ0n) is 14.1. The third kappa shape index (κ3) is 2.81. The molecule has 4 rings (SSSR count).